The zero-order valence-corrected chi connectivity index (χ0v) is 12.4. The number of benzene rings is 1. The maximum Gasteiger partial charge on any atom is 0.133 e. The molecule has 1 aromatic heterocycles. The fourth-order valence-electron chi connectivity index (χ4n) is 2.31. The van der Waals surface area contributed by atoms with E-state index in [4.69, 9.17) is 4.74 Å². The molecule has 0 spiro atoms. The molecule has 0 amide bonds. The predicted molar refractivity (Wildman–Crippen MR) is 83.8 cm³/mol. The van der Waals surface area contributed by atoms with Gasteiger partial charge in [-0.05, 0) is 49.4 Å². The summed E-state index contributed by atoms with van der Waals surface area (Å²) in [5, 5.41) is 3.38. The summed E-state index contributed by atoms with van der Waals surface area (Å²) in [7, 11) is 1.69. The van der Waals surface area contributed by atoms with Crippen molar-refractivity contribution in [3.8, 4) is 5.75 Å². The van der Waals surface area contributed by atoms with Crippen molar-refractivity contribution in [1.82, 2.24) is 9.97 Å². The molecule has 1 heterocycles. The molecule has 1 saturated carbocycles. The van der Waals surface area contributed by atoms with Gasteiger partial charge in [-0.1, -0.05) is 12.1 Å². The van der Waals surface area contributed by atoms with Gasteiger partial charge in [0.1, 0.15) is 17.4 Å². The second-order valence-corrected chi connectivity index (χ2v) is 5.45. The molecule has 1 aliphatic rings. The van der Waals surface area contributed by atoms with Crippen LogP contribution in [0.2, 0.25) is 0 Å². The lowest BCUT2D eigenvalue weighted by atomic mass is 10.1. The Morgan fingerprint density at radius 1 is 1.19 bits per heavy atom. The Kier molecular flexibility index (Phi) is 4.34. The molecule has 0 bridgehead atoms. The summed E-state index contributed by atoms with van der Waals surface area (Å²) in [6, 6.07) is 10.2. The third-order valence-corrected chi connectivity index (χ3v) is 3.72. The molecule has 3 rings (SSSR count). The van der Waals surface area contributed by atoms with Gasteiger partial charge in [0.25, 0.3) is 0 Å². The van der Waals surface area contributed by atoms with Gasteiger partial charge in [0, 0.05) is 18.7 Å². The molecule has 0 unspecified atom stereocenters. The molecule has 110 valence electrons. The highest BCUT2D eigenvalue weighted by atomic mass is 16.5. The minimum atomic E-state index is 0.603. The fourth-order valence-corrected chi connectivity index (χ4v) is 2.31. The van der Waals surface area contributed by atoms with Crippen LogP contribution in [-0.4, -0.2) is 23.6 Å². The van der Waals surface area contributed by atoms with Crippen LogP contribution in [0.15, 0.2) is 36.5 Å². The minimum Gasteiger partial charge on any atom is -0.497 e. The van der Waals surface area contributed by atoms with Gasteiger partial charge in [-0.15, -0.1) is 0 Å². The second-order valence-electron chi connectivity index (χ2n) is 5.45. The van der Waals surface area contributed by atoms with E-state index in [9.17, 15) is 0 Å². The molecule has 1 aromatic carbocycles. The zero-order valence-electron chi connectivity index (χ0n) is 12.4. The monoisotopic (exact) mass is 283 g/mol. The number of aryl methyl sites for hydroxylation is 1. The molecule has 0 aliphatic heterocycles. The third kappa shape index (κ3) is 3.94. The highest BCUT2D eigenvalue weighted by molar-refractivity contribution is 5.34. The standard InChI is InChI=1S/C17H21N3O/c1-21-15-8-4-13(5-9-15)3-2-11-18-16-10-12-19-17(20-16)14-6-7-14/h4-5,8-10,12,14H,2-3,6-7,11H2,1H3,(H,18,19,20). The average molecular weight is 283 g/mol. The van der Waals surface area contributed by atoms with Crippen molar-refractivity contribution >= 4 is 5.82 Å². The van der Waals surface area contributed by atoms with Gasteiger partial charge in [0.15, 0.2) is 0 Å². The number of anilines is 1. The molecular weight excluding hydrogens is 262 g/mol. The van der Waals surface area contributed by atoms with E-state index in [-0.39, 0.29) is 0 Å². The van der Waals surface area contributed by atoms with Crippen molar-refractivity contribution in [2.45, 2.75) is 31.6 Å². The van der Waals surface area contributed by atoms with Crippen LogP contribution in [0.3, 0.4) is 0 Å². The summed E-state index contributed by atoms with van der Waals surface area (Å²) in [6.07, 6.45) is 6.46. The summed E-state index contributed by atoms with van der Waals surface area (Å²) in [5.41, 5.74) is 1.33. The van der Waals surface area contributed by atoms with Gasteiger partial charge < -0.3 is 10.1 Å². The largest absolute Gasteiger partial charge is 0.497 e. The van der Waals surface area contributed by atoms with E-state index in [1.165, 1.54) is 18.4 Å². The SMILES string of the molecule is COc1ccc(CCCNc2ccnc(C3CC3)n2)cc1. The minimum absolute atomic E-state index is 0.603. The van der Waals surface area contributed by atoms with E-state index in [2.05, 4.69) is 27.4 Å². The van der Waals surface area contributed by atoms with Crippen LogP contribution < -0.4 is 10.1 Å². The molecule has 4 heteroatoms. The number of aromatic nitrogens is 2. The van der Waals surface area contributed by atoms with Crippen LogP contribution in [0.4, 0.5) is 5.82 Å². The molecule has 1 fully saturated rings. The molecule has 1 aliphatic carbocycles. The van der Waals surface area contributed by atoms with Gasteiger partial charge in [-0.3, -0.25) is 0 Å². The first kappa shape index (κ1) is 13.9. The maximum atomic E-state index is 5.16. The van der Waals surface area contributed by atoms with Crippen molar-refractivity contribution < 1.29 is 4.74 Å². The van der Waals surface area contributed by atoms with Gasteiger partial charge in [0.05, 0.1) is 7.11 Å². The van der Waals surface area contributed by atoms with Crippen LogP contribution in [0, 0.1) is 0 Å². The summed E-state index contributed by atoms with van der Waals surface area (Å²) in [4.78, 5) is 8.89. The van der Waals surface area contributed by atoms with Crippen LogP contribution >= 0.6 is 0 Å². The Labute approximate surface area is 125 Å². The predicted octanol–water partition coefficient (Wildman–Crippen LogP) is 3.41. The first-order valence-electron chi connectivity index (χ1n) is 7.55. The van der Waals surface area contributed by atoms with Crippen molar-refractivity contribution in [3.63, 3.8) is 0 Å². The molecule has 1 N–H and O–H groups in total. The number of nitrogens with zero attached hydrogens (tertiary/aromatic N) is 2. The van der Waals surface area contributed by atoms with Gasteiger partial charge in [-0.2, -0.15) is 0 Å². The van der Waals surface area contributed by atoms with Crippen LogP contribution in [0.25, 0.3) is 0 Å². The Morgan fingerprint density at radius 3 is 2.71 bits per heavy atom. The van der Waals surface area contributed by atoms with Crippen molar-refractivity contribution in [1.29, 1.82) is 0 Å². The van der Waals surface area contributed by atoms with E-state index in [1.54, 1.807) is 7.11 Å². The molecule has 0 atom stereocenters. The number of hydrogen-bond acceptors (Lipinski definition) is 4. The Balaban J connectivity index is 1.44. The summed E-state index contributed by atoms with van der Waals surface area (Å²) < 4.78 is 5.16. The number of ether oxygens (including phenoxy) is 1. The summed E-state index contributed by atoms with van der Waals surface area (Å²) in [6.45, 7) is 0.924. The maximum absolute atomic E-state index is 5.16. The lowest BCUT2D eigenvalue weighted by Crippen LogP contribution is -2.06. The fraction of sp³-hybridized carbons (Fsp3) is 0.412. The molecule has 0 saturated heterocycles. The second kappa shape index (κ2) is 6.57. The first-order valence-corrected chi connectivity index (χ1v) is 7.55. The Bertz CT molecular complexity index is 579. The quantitative estimate of drug-likeness (QED) is 0.791. The highest BCUT2D eigenvalue weighted by Crippen LogP contribution is 2.37. The van der Waals surface area contributed by atoms with Crippen molar-refractivity contribution in [3.05, 3.63) is 47.9 Å². The topological polar surface area (TPSA) is 47.0 Å². The number of methoxy groups -OCH3 is 1. The van der Waals surface area contributed by atoms with E-state index in [0.29, 0.717) is 5.92 Å². The Morgan fingerprint density at radius 2 is 2.00 bits per heavy atom. The lowest BCUT2D eigenvalue weighted by molar-refractivity contribution is 0.414. The van der Waals surface area contributed by atoms with Crippen LogP contribution in [0.5, 0.6) is 5.75 Å². The van der Waals surface area contributed by atoms with Gasteiger partial charge >= 0.3 is 0 Å². The van der Waals surface area contributed by atoms with Crippen molar-refractivity contribution in [2.75, 3.05) is 19.0 Å². The zero-order chi connectivity index (χ0) is 14.5. The molecular formula is C17H21N3O. The van der Waals surface area contributed by atoms with E-state index >= 15 is 0 Å². The first-order chi connectivity index (χ1) is 10.3. The lowest BCUT2D eigenvalue weighted by Gasteiger charge is -2.07. The van der Waals surface area contributed by atoms with Gasteiger partial charge in [-0.25, -0.2) is 9.97 Å². The summed E-state index contributed by atoms with van der Waals surface area (Å²) >= 11 is 0. The molecule has 0 radical (unpaired) electrons. The number of hydrogen-bond donors (Lipinski definition) is 1. The average Bonchev–Trinajstić information content (AvgIpc) is 3.37. The van der Waals surface area contributed by atoms with Crippen molar-refractivity contribution in [2.24, 2.45) is 0 Å². The van der Waals surface area contributed by atoms with E-state index in [0.717, 1.165) is 36.8 Å². The number of rotatable bonds is 7. The third-order valence-electron chi connectivity index (χ3n) is 3.72. The molecule has 4 nitrogen and oxygen atoms in total. The van der Waals surface area contributed by atoms with Gasteiger partial charge in [0.2, 0.25) is 0 Å². The summed E-state index contributed by atoms with van der Waals surface area (Å²) in [5.74, 6) is 3.45. The number of nitrogens with one attached hydrogen (secondary N) is 1. The Hall–Kier alpha value is -2.10. The van der Waals surface area contributed by atoms with Crippen LogP contribution in [-0.2, 0) is 6.42 Å². The smallest absolute Gasteiger partial charge is 0.133 e. The van der Waals surface area contributed by atoms with E-state index < -0.39 is 0 Å². The molecule has 2 aromatic rings. The normalized spacial score (nSPS) is 14.0. The molecule has 21 heavy (non-hydrogen) atoms. The van der Waals surface area contributed by atoms with E-state index in [1.807, 2.05) is 24.4 Å². The highest BCUT2D eigenvalue weighted by Gasteiger charge is 2.26. The van der Waals surface area contributed by atoms with Crippen LogP contribution in [0.1, 0.15) is 36.6 Å².